The number of carbonyl (C=O) groups is 1. The number of nitrogens with one attached hydrogen (secondary N) is 1. The van der Waals surface area contributed by atoms with E-state index in [0.29, 0.717) is 11.0 Å². The molecule has 0 radical (unpaired) electrons. The number of rotatable bonds is 6. The quantitative estimate of drug-likeness (QED) is 0.283. The number of sulfonamides is 1. The summed E-state index contributed by atoms with van der Waals surface area (Å²) in [6, 6.07) is 18.3. The Morgan fingerprint density at radius 1 is 0.947 bits per heavy atom. The first kappa shape index (κ1) is 25.2. The molecule has 0 aliphatic rings. The van der Waals surface area contributed by atoms with E-state index < -0.39 is 27.7 Å². The molecule has 2 aromatic heterocycles. The fourth-order valence-corrected chi connectivity index (χ4v) is 5.08. The van der Waals surface area contributed by atoms with Crippen LogP contribution in [0.2, 0.25) is 0 Å². The lowest BCUT2D eigenvalue weighted by Crippen LogP contribution is -2.18. The maximum absolute atomic E-state index is 13.6. The number of nitrogens with zero attached hydrogens (tertiary/aromatic N) is 3. The van der Waals surface area contributed by atoms with E-state index in [2.05, 4.69) is 14.7 Å². The van der Waals surface area contributed by atoms with Crippen molar-refractivity contribution in [1.29, 1.82) is 0 Å². The normalized spacial score (nSPS) is 12.1. The van der Waals surface area contributed by atoms with Crippen LogP contribution < -0.4 is 4.72 Å². The van der Waals surface area contributed by atoms with Crippen LogP contribution in [0.15, 0.2) is 83.8 Å². The van der Waals surface area contributed by atoms with E-state index in [4.69, 9.17) is 4.74 Å². The number of para-hydroxylation sites is 2. The molecular formula is C26H19F3N4O4S. The lowest BCUT2D eigenvalue weighted by atomic mass is 10.2. The summed E-state index contributed by atoms with van der Waals surface area (Å²) in [6.07, 6.45) is -4.68. The Labute approximate surface area is 214 Å². The van der Waals surface area contributed by atoms with Gasteiger partial charge in [-0.1, -0.05) is 36.4 Å². The summed E-state index contributed by atoms with van der Waals surface area (Å²) in [7, 11) is -4.30. The molecule has 5 aromatic rings. The number of hydrogen-bond acceptors (Lipinski definition) is 6. The molecule has 0 saturated heterocycles. The van der Waals surface area contributed by atoms with Crippen molar-refractivity contribution in [3.8, 4) is 5.69 Å². The van der Waals surface area contributed by atoms with Crippen LogP contribution in [0.3, 0.4) is 0 Å². The van der Waals surface area contributed by atoms with Crippen molar-refractivity contribution < 1.29 is 31.1 Å². The van der Waals surface area contributed by atoms with E-state index in [1.807, 2.05) is 0 Å². The molecule has 0 fully saturated rings. The van der Waals surface area contributed by atoms with E-state index in [9.17, 15) is 26.4 Å². The van der Waals surface area contributed by atoms with E-state index >= 15 is 0 Å². The van der Waals surface area contributed by atoms with Gasteiger partial charge in [0.25, 0.3) is 10.0 Å². The molecule has 0 aliphatic carbocycles. The average molecular weight is 541 g/mol. The van der Waals surface area contributed by atoms with Gasteiger partial charge in [0.2, 0.25) is 0 Å². The van der Waals surface area contributed by atoms with Crippen molar-refractivity contribution in [3.05, 3.63) is 90.0 Å². The Morgan fingerprint density at radius 3 is 2.26 bits per heavy atom. The number of alkyl halides is 3. The number of carbonyl (C=O) groups excluding carboxylic acids is 1. The van der Waals surface area contributed by atoms with E-state index in [1.165, 1.54) is 36.4 Å². The van der Waals surface area contributed by atoms with Crippen molar-refractivity contribution in [2.45, 2.75) is 18.0 Å². The van der Waals surface area contributed by atoms with Gasteiger partial charge in [-0.15, -0.1) is 0 Å². The number of halogens is 3. The molecule has 0 atom stereocenters. The van der Waals surface area contributed by atoms with Gasteiger partial charge in [-0.25, -0.2) is 23.2 Å². The molecular weight excluding hydrogens is 521 g/mol. The number of ether oxygens (including phenoxy) is 1. The van der Waals surface area contributed by atoms with Gasteiger partial charge in [0, 0.05) is 5.69 Å². The zero-order chi connectivity index (χ0) is 27.1. The van der Waals surface area contributed by atoms with E-state index in [1.54, 1.807) is 37.3 Å². The molecule has 1 N–H and O–H groups in total. The zero-order valence-corrected chi connectivity index (χ0v) is 20.5. The predicted molar refractivity (Wildman–Crippen MR) is 135 cm³/mol. The third-order valence-corrected chi connectivity index (χ3v) is 7.01. The third-order valence-electron chi connectivity index (χ3n) is 5.66. The van der Waals surface area contributed by atoms with Crippen molar-refractivity contribution in [1.82, 2.24) is 14.5 Å². The van der Waals surface area contributed by atoms with Crippen LogP contribution >= 0.6 is 0 Å². The summed E-state index contributed by atoms with van der Waals surface area (Å²) in [5.41, 5.74) is -0.627. The number of anilines is 1. The van der Waals surface area contributed by atoms with Crippen LogP contribution in [0.4, 0.5) is 19.0 Å². The highest BCUT2D eigenvalue weighted by molar-refractivity contribution is 7.92. The largest absolute Gasteiger partial charge is 0.462 e. The molecule has 8 nitrogen and oxygen atoms in total. The highest BCUT2D eigenvalue weighted by Gasteiger charge is 2.33. The third kappa shape index (κ3) is 4.54. The molecule has 0 amide bonds. The van der Waals surface area contributed by atoms with Gasteiger partial charge >= 0.3 is 12.1 Å². The smallest absolute Gasteiger partial charge is 0.416 e. The summed E-state index contributed by atoms with van der Waals surface area (Å²) in [6.45, 7) is 1.53. The standard InChI is InChI=1S/C26H19F3N4O4S/c1-2-37-25(34)21-22-24(31-20-14-7-6-13-19(20)30-22)33(17-10-8-9-16(15-17)26(27,28)29)23(21)32-38(35,36)18-11-4-3-5-12-18/h3-15,32H,2H2,1H3. The molecule has 194 valence electrons. The Hall–Kier alpha value is -4.45. The summed E-state index contributed by atoms with van der Waals surface area (Å²) < 4.78 is 76.3. The van der Waals surface area contributed by atoms with Crippen LogP contribution in [0.5, 0.6) is 0 Å². The van der Waals surface area contributed by atoms with E-state index in [0.717, 1.165) is 16.7 Å². The van der Waals surface area contributed by atoms with Gasteiger partial charge < -0.3 is 4.74 Å². The van der Waals surface area contributed by atoms with Crippen LogP contribution in [-0.4, -0.2) is 35.5 Å². The van der Waals surface area contributed by atoms with Gasteiger partial charge in [0.1, 0.15) is 16.9 Å². The number of fused-ring (bicyclic) bond motifs is 2. The Morgan fingerprint density at radius 2 is 1.61 bits per heavy atom. The molecule has 0 aliphatic heterocycles. The Bertz CT molecular complexity index is 1790. The molecule has 0 unspecified atom stereocenters. The first-order valence-corrected chi connectivity index (χ1v) is 12.8. The number of aromatic nitrogens is 3. The summed E-state index contributed by atoms with van der Waals surface area (Å²) in [5.74, 6) is -1.27. The first-order valence-electron chi connectivity index (χ1n) is 11.3. The van der Waals surface area contributed by atoms with Gasteiger partial charge in [0.15, 0.2) is 5.65 Å². The molecule has 5 rings (SSSR count). The number of hydrogen-bond donors (Lipinski definition) is 1. The van der Waals surface area contributed by atoms with Crippen LogP contribution in [0.25, 0.3) is 27.9 Å². The molecule has 0 saturated carbocycles. The molecule has 2 heterocycles. The lowest BCUT2D eigenvalue weighted by Gasteiger charge is -2.15. The van der Waals surface area contributed by atoms with E-state index in [-0.39, 0.29) is 39.7 Å². The van der Waals surface area contributed by atoms with Crippen molar-refractivity contribution in [3.63, 3.8) is 0 Å². The summed E-state index contributed by atoms with van der Waals surface area (Å²) >= 11 is 0. The van der Waals surface area contributed by atoms with Gasteiger partial charge in [-0.05, 0) is 49.4 Å². The number of benzene rings is 3. The average Bonchev–Trinajstić information content (AvgIpc) is 3.19. The molecule has 0 bridgehead atoms. The fraction of sp³-hybridized carbons (Fsp3) is 0.115. The highest BCUT2D eigenvalue weighted by atomic mass is 32.2. The second-order valence-corrected chi connectivity index (χ2v) is 9.81. The van der Waals surface area contributed by atoms with Crippen LogP contribution in [0, 0.1) is 0 Å². The molecule has 38 heavy (non-hydrogen) atoms. The number of esters is 1. The Kier molecular flexibility index (Phi) is 6.27. The minimum atomic E-state index is -4.68. The highest BCUT2D eigenvalue weighted by Crippen LogP contribution is 2.37. The van der Waals surface area contributed by atoms with Gasteiger partial charge in [-0.3, -0.25) is 9.29 Å². The molecule has 12 heteroatoms. The van der Waals surface area contributed by atoms with Crippen molar-refractivity contribution in [2.24, 2.45) is 0 Å². The fourth-order valence-electron chi connectivity index (χ4n) is 4.00. The molecule has 3 aromatic carbocycles. The summed E-state index contributed by atoms with van der Waals surface area (Å²) in [5, 5.41) is 0. The maximum atomic E-state index is 13.6. The Balaban J connectivity index is 1.89. The van der Waals surface area contributed by atoms with Crippen LogP contribution in [0.1, 0.15) is 22.8 Å². The topological polar surface area (TPSA) is 103 Å². The maximum Gasteiger partial charge on any atom is 0.416 e. The minimum absolute atomic E-state index is 0.0307. The second kappa shape index (κ2) is 9.45. The van der Waals surface area contributed by atoms with Crippen LogP contribution in [-0.2, 0) is 20.9 Å². The SMILES string of the molecule is CCOC(=O)c1c(NS(=O)(=O)c2ccccc2)n(-c2cccc(C(F)(F)F)c2)c2nc3ccccc3nc12. The minimum Gasteiger partial charge on any atom is -0.462 e. The monoisotopic (exact) mass is 540 g/mol. The lowest BCUT2D eigenvalue weighted by molar-refractivity contribution is -0.137. The first-order chi connectivity index (χ1) is 18.1. The summed E-state index contributed by atoms with van der Waals surface area (Å²) in [4.78, 5) is 22.1. The van der Waals surface area contributed by atoms with Gasteiger partial charge in [0.05, 0.1) is 28.1 Å². The van der Waals surface area contributed by atoms with Crippen molar-refractivity contribution >= 4 is 44.0 Å². The second-order valence-electron chi connectivity index (χ2n) is 8.13. The zero-order valence-electron chi connectivity index (χ0n) is 19.7. The van der Waals surface area contributed by atoms with Gasteiger partial charge in [-0.2, -0.15) is 13.2 Å². The predicted octanol–water partition coefficient (Wildman–Crippen LogP) is 5.57. The van der Waals surface area contributed by atoms with Crippen molar-refractivity contribution in [2.75, 3.05) is 11.3 Å². The molecule has 0 spiro atoms.